The van der Waals surface area contributed by atoms with Crippen molar-refractivity contribution in [1.29, 1.82) is 0 Å². The third-order valence-corrected chi connectivity index (χ3v) is 5.36. The number of anilines is 1. The minimum absolute atomic E-state index is 0.0117. The molecule has 0 radical (unpaired) electrons. The van der Waals surface area contributed by atoms with E-state index >= 15 is 0 Å². The molecule has 1 saturated heterocycles. The fourth-order valence-electron chi connectivity index (χ4n) is 3.53. The summed E-state index contributed by atoms with van der Waals surface area (Å²) in [5.74, 6) is 0.179. The molecule has 2 amide bonds. The van der Waals surface area contributed by atoms with Gasteiger partial charge in [0.1, 0.15) is 5.75 Å². The molecule has 1 N–H and O–H groups in total. The van der Waals surface area contributed by atoms with Crippen molar-refractivity contribution in [1.82, 2.24) is 5.32 Å². The Kier molecular flexibility index (Phi) is 4.99. The fraction of sp³-hybridized carbons (Fsp3) is 0.556. The molecule has 1 aromatic rings. The van der Waals surface area contributed by atoms with Gasteiger partial charge < -0.3 is 15.0 Å². The average Bonchev–Trinajstić information content (AvgIpc) is 3.19. The van der Waals surface area contributed by atoms with E-state index in [2.05, 4.69) is 5.32 Å². The predicted molar refractivity (Wildman–Crippen MR) is 93.6 cm³/mol. The highest BCUT2D eigenvalue weighted by molar-refractivity contribution is 6.31. The molecule has 24 heavy (non-hydrogen) atoms. The second-order valence-electron chi connectivity index (χ2n) is 6.67. The molecule has 1 aliphatic carbocycles. The highest BCUT2D eigenvalue weighted by atomic mass is 35.5. The van der Waals surface area contributed by atoms with Crippen molar-refractivity contribution in [2.75, 3.05) is 18.6 Å². The van der Waals surface area contributed by atoms with Crippen LogP contribution in [-0.4, -0.2) is 31.5 Å². The minimum Gasteiger partial charge on any atom is -0.495 e. The van der Waals surface area contributed by atoms with Gasteiger partial charge in [-0.1, -0.05) is 24.4 Å². The van der Waals surface area contributed by atoms with Gasteiger partial charge in [-0.25, -0.2) is 0 Å². The second-order valence-corrected chi connectivity index (χ2v) is 7.08. The Labute approximate surface area is 147 Å². The van der Waals surface area contributed by atoms with Crippen LogP contribution in [0.1, 0.15) is 37.7 Å². The number of ether oxygens (including phenoxy) is 1. The maximum Gasteiger partial charge on any atom is 0.227 e. The quantitative estimate of drug-likeness (QED) is 0.907. The van der Waals surface area contributed by atoms with Crippen molar-refractivity contribution in [2.45, 2.75) is 45.1 Å². The van der Waals surface area contributed by atoms with Crippen molar-refractivity contribution >= 4 is 29.1 Å². The highest BCUT2D eigenvalue weighted by Gasteiger charge is 2.37. The van der Waals surface area contributed by atoms with E-state index in [0.29, 0.717) is 23.0 Å². The molecule has 2 fully saturated rings. The molecule has 6 heteroatoms. The van der Waals surface area contributed by atoms with Gasteiger partial charge in [0.25, 0.3) is 0 Å². The molecule has 0 bridgehead atoms. The maximum atomic E-state index is 12.5. The topological polar surface area (TPSA) is 58.6 Å². The Morgan fingerprint density at radius 1 is 1.33 bits per heavy atom. The number of carbonyl (C=O) groups is 2. The molecule has 1 aliphatic heterocycles. The number of nitrogens with zero attached hydrogens (tertiary/aromatic N) is 1. The molecule has 1 aromatic carbocycles. The van der Waals surface area contributed by atoms with Gasteiger partial charge in [-0.05, 0) is 31.4 Å². The molecule has 2 aliphatic rings. The van der Waals surface area contributed by atoms with Crippen LogP contribution in [0, 0.1) is 12.8 Å². The third-order valence-electron chi connectivity index (χ3n) is 4.95. The summed E-state index contributed by atoms with van der Waals surface area (Å²) in [4.78, 5) is 26.5. The number of carbonyl (C=O) groups excluding carboxylic acids is 2. The summed E-state index contributed by atoms with van der Waals surface area (Å²) in [6, 6.07) is 3.83. The first-order valence-electron chi connectivity index (χ1n) is 8.44. The van der Waals surface area contributed by atoms with Crippen LogP contribution in [0.4, 0.5) is 5.69 Å². The van der Waals surface area contributed by atoms with Gasteiger partial charge in [0.15, 0.2) is 0 Å². The van der Waals surface area contributed by atoms with Crippen molar-refractivity contribution < 1.29 is 14.3 Å². The number of halogens is 1. The van der Waals surface area contributed by atoms with Gasteiger partial charge in [0.05, 0.1) is 18.7 Å². The molecule has 1 unspecified atom stereocenters. The predicted octanol–water partition coefficient (Wildman–Crippen LogP) is 3.07. The molecular weight excluding hydrogens is 328 g/mol. The number of aryl methyl sites for hydroxylation is 1. The zero-order chi connectivity index (χ0) is 17.3. The summed E-state index contributed by atoms with van der Waals surface area (Å²) in [5, 5.41) is 3.69. The number of methoxy groups -OCH3 is 1. The van der Waals surface area contributed by atoms with Gasteiger partial charge >= 0.3 is 0 Å². The molecule has 130 valence electrons. The number of hydrogen-bond acceptors (Lipinski definition) is 3. The highest BCUT2D eigenvalue weighted by Crippen LogP contribution is 2.37. The van der Waals surface area contributed by atoms with Crippen molar-refractivity contribution in [3.63, 3.8) is 0 Å². The lowest BCUT2D eigenvalue weighted by atomic mass is 10.1. The maximum absolute atomic E-state index is 12.5. The van der Waals surface area contributed by atoms with Crippen LogP contribution < -0.4 is 15.0 Å². The lowest BCUT2D eigenvalue weighted by molar-refractivity contribution is -0.126. The molecule has 1 atom stereocenters. The molecular formula is C18H23ClN2O3. The van der Waals surface area contributed by atoms with Crippen LogP contribution >= 0.6 is 11.6 Å². The van der Waals surface area contributed by atoms with Crippen LogP contribution in [0.25, 0.3) is 0 Å². The van der Waals surface area contributed by atoms with Crippen LogP contribution in [0.5, 0.6) is 5.75 Å². The number of nitrogens with one attached hydrogen (secondary N) is 1. The first kappa shape index (κ1) is 17.1. The molecule has 5 nitrogen and oxygen atoms in total. The van der Waals surface area contributed by atoms with Crippen molar-refractivity contribution in [3.05, 3.63) is 22.7 Å². The van der Waals surface area contributed by atoms with Crippen LogP contribution in [0.3, 0.4) is 0 Å². The molecule has 0 aromatic heterocycles. The zero-order valence-electron chi connectivity index (χ0n) is 14.1. The van der Waals surface area contributed by atoms with Gasteiger partial charge in [0.2, 0.25) is 11.8 Å². The van der Waals surface area contributed by atoms with Crippen molar-refractivity contribution in [3.8, 4) is 5.75 Å². The first-order valence-corrected chi connectivity index (χ1v) is 8.82. The van der Waals surface area contributed by atoms with Gasteiger partial charge in [-0.3, -0.25) is 9.59 Å². The van der Waals surface area contributed by atoms with E-state index in [-0.39, 0.29) is 30.2 Å². The molecule has 1 saturated carbocycles. The van der Waals surface area contributed by atoms with E-state index in [4.69, 9.17) is 16.3 Å². The zero-order valence-corrected chi connectivity index (χ0v) is 14.9. The van der Waals surface area contributed by atoms with E-state index in [1.54, 1.807) is 18.1 Å². The minimum atomic E-state index is -0.307. The van der Waals surface area contributed by atoms with Crippen LogP contribution in [-0.2, 0) is 9.59 Å². The normalized spacial score (nSPS) is 21.4. The summed E-state index contributed by atoms with van der Waals surface area (Å²) >= 11 is 6.13. The van der Waals surface area contributed by atoms with E-state index in [1.807, 2.05) is 13.0 Å². The van der Waals surface area contributed by atoms with Gasteiger partial charge in [-0.2, -0.15) is 0 Å². The van der Waals surface area contributed by atoms with Crippen molar-refractivity contribution in [2.24, 2.45) is 5.92 Å². The lowest BCUT2D eigenvalue weighted by Gasteiger charge is -2.21. The summed E-state index contributed by atoms with van der Waals surface area (Å²) in [7, 11) is 1.55. The van der Waals surface area contributed by atoms with Crippen LogP contribution in [0.2, 0.25) is 5.02 Å². The van der Waals surface area contributed by atoms with E-state index < -0.39 is 0 Å². The first-order chi connectivity index (χ1) is 11.5. The number of benzene rings is 1. The van der Waals surface area contributed by atoms with E-state index in [1.165, 1.54) is 12.8 Å². The number of rotatable bonds is 4. The SMILES string of the molecule is COc1cc(Cl)c(C)cc1N1CC(C(=O)NC2CCCC2)CC1=O. The summed E-state index contributed by atoms with van der Waals surface area (Å²) in [5.41, 5.74) is 1.56. The Bertz CT molecular complexity index is 656. The standard InChI is InChI=1S/C18H23ClN2O3/c1-11-7-15(16(24-2)9-14(11)19)21-10-12(8-17(21)22)18(23)20-13-5-3-4-6-13/h7,9,12-13H,3-6,8,10H2,1-2H3,(H,20,23). The fourth-order valence-corrected chi connectivity index (χ4v) is 3.68. The number of hydrogen-bond donors (Lipinski definition) is 1. The smallest absolute Gasteiger partial charge is 0.227 e. The number of amides is 2. The Morgan fingerprint density at radius 2 is 2.04 bits per heavy atom. The van der Waals surface area contributed by atoms with Gasteiger partial charge in [-0.15, -0.1) is 0 Å². The van der Waals surface area contributed by atoms with Gasteiger partial charge in [0, 0.05) is 30.1 Å². The molecule has 0 spiro atoms. The van der Waals surface area contributed by atoms with Crippen LogP contribution in [0.15, 0.2) is 12.1 Å². The summed E-state index contributed by atoms with van der Waals surface area (Å²) < 4.78 is 5.37. The molecule has 3 rings (SSSR count). The summed E-state index contributed by atoms with van der Waals surface area (Å²) in [6.07, 6.45) is 4.66. The Morgan fingerprint density at radius 3 is 2.71 bits per heavy atom. The van der Waals surface area contributed by atoms with E-state index in [9.17, 15) is 9.59 Å². The second kappa shape index (κ2) is 7.01. The summed E-state index contributed by atoms with van der Waals surface area (Å²) in [6.45, 7) is 2.27. The lowest BCUT2D eigenvalue weighted by Crippen LogP contribution is -2.38. The molecule has 1 heterocycles. The Balaban J connectivity index is 1.75. The third kappa shape index (κ3) is 3.36. The average molecular weight is 351 g/mol. The largest absolute Gasteiger partial charge is 0.495 e. The monoisotopic (exact) mass is 350 g/mol. The van der Waals surface area contributed by atoms with E-state index in [0.717, 1.165) is 18.4 Å². The Hall–Kier alpha value is -1.75.